The van der Waals surface area contributed by atoms with Crippen molar-refractivity contribution in [2.24, 2.45) is 0 Å². The molecule has 19 heavy (non-hydrogen) atoms. The summed E-state index contributed by atoms with van der Waals surface area (Å²) in [6.45, 7) is 8.67. The SMILES string of the molecule is CC(C)N1CCC(NCCOc2ccccc2)CC1. The highest BCUT2D eigenvalue weighted by molar-refractivity contribution is 5.20. The molecule has 0 aromatic heterocycles. The lowest BCUT2D eigenvalue weighted by Crippen LogP contribution is -2.45. The van der Waals surface area contributed by atoms with Crippen LogP contribution in [0, 0.1) is 0 Å². The van der Waals surface area contributed by atoms with Crippen molar-refractivity contribution in [1.29, 1.82) is 0 Å². The molecule has 0 unspecified atom stereocenters. The van der Waals surface area contributed by atoms with Gasteiger partial charge in [-0.3, -0.25) is 0 Å². The molecular weight excluding hydrogens is 236 g/mol. The minimum Gasteiger partial charge on any atom is -0.492 e. The van der Waals surface area contributed by atoms with Crippen molar-refractivity contribution >= 4 is 0 Å². The largest absolute Gasteiger partial charge is 0.492 e. The van der Waals surface area contributed by atoms with E-state index in [4.69, 9.17) is 4.74 Å². The van der Waals surface area contributed by atoms with Crippen molar-refractivity contribution in [1.82, 2.24) is 10.2 Å². The van der Waals surface area contributed by atoms with Crippen molar-refractivity contribution < 1.29 is 4.74 Å². The second kappa shape index (κ2) is 7.51. The smallest absolute Gasteiger partial charge is 0.119 e. The van der Waals surface area contributed by atoms with E-state index in [1.807, 2.05) is 30.3 Å². The number of ether oxygens (including phenoxy) is 1. The van der Waals surface area contributed by atoms with Crippen LogP contribution in [0.4, 0.5) is 0 Å². The number of nitrogens with zero attached hydrogens (tertiary/aromatic N) is 1. The van der Waals surface area contributed by atoms with Crippen LogP contribution in [0.1, 0.15) is 26.7 Å². The first kappa shape index (κ1) is 14.4. The van der Waals surface area contributed by atoms with E-state index in [1.54, 1.807) is 0 Å². The molecule has 1 aromatic rings. The summed E-state index contributed by atoms with van der Waals surface area (Å²) in [5.74, 6) is 0.957. The summed E-state index contributed by atoms with van der Waals surface area (Å²) in [7, 11) is 0. The third-order valence-electron chi connectivity index (χ3n) is 3.81. The molecule has 1 saturated heterocycles. The summed E-state index contributed by atoms with van der Waals surface area (Å²) >= 11 is 0. The molecule has 1 aliphatic rings. The molecule has 1 N–H and O–H groups in total. The van der Waals surface area contributed by atoms with Gasteiger partial charge >= 0.3 is 0 Å². The summed E-state index contributed by atoms with van der Waals surface area (Å²) in [5, 5.41) is 3.60. The van der Waals surface area contributed by atoms with Crippen molar-refractivity contribution in [3.8, 4) is 5.75 Å². The van der Waals surface area contributed by atoms with Gasteiger partial charge in [0.2, 0.25) is 0 Å². The highest BCUT2D eigenvalue weighted by Gasteiger charge is 2.19. The Balaban J connectivity index is 1.57. The van der Waals surface area contributed by atoms with E-state index < -0.39 is 0 Å². The normalized spacial score (nSPS) is 17.8. The van der Waals surface area contributed by atoms with E-state index >= 15 is 0 Å². The Morgan fingerprint density at radius 2 is 1.89 bits per heavy atom. The Morgan fingerprint density at radius 1 is 1.21 bits per heavy atom. The van der Waals surface area contributed by atoms with Crippen LogP contribution in [0.25, 0.3) is 0 Å². The lowest BCUT2D eigenvalue weighted by atomic mass is 10.0. The molecule has 0 saturated carbocycles. The summed E-state index contributed by atoms with van der Waals surface area (Å²) in [4.78, 5) is 2.55. The molecule has 0 aliphatic carbocycles. The van der Waals surface area contributed by atoms with Gasteiger partial charge in [-0.25, -0.2) is 0 Å². The van der Waals surface area contributed by atoms with Gasteiger partial charge in [0.05, 0.1) is 0 Å². The van der Waals surface area contributed by atoms with Crippen molar-refractivity contribution in [3.63, 3.8) is 0 Å². The fourth-order valence-corrected chi connectivity index (χ4v) is 2.57. The molecule has 1 fully saturated rings. The fourth-order valence-electron chi connectivity index (χ4n) is 2.57. The molecular formula is C16H26N2O. The monoisotopic (exact) mass is 262 g/mol. The van der Waals surface area contributed by atoms with Gasteiger partial charge in [0.25, 0.3) is 0 Å². The van der Waals surface area contributed by atoms with Gasteiger partial charge in [-0.2, -0.15) is 0 Å². The zero-order valence-corrected chi connectivity index (χ0v) is 12.1. The Hall–Kier alpha value is -1.06. The van der Waals surface area contributed by atoms with Crippen molar-refractivity contribution in [3.05, 3.63) is 30.3 Å². The summed E-state index contributed by atoms with van der Waals surface area (Å²) in [6.07, 6.45) is 2.51. The number of hydrogen-bond acceptors (Lipinski definition) is 3. The predicted molar refractivity (Wildman–Crippen MR) is 79.7 cm³/mol. The zero-order valence-electron chi connectivity index (χ0n) is 12.1. The molecule has 3 heteroatoms. The van der Waals surface area contributed by atoms with Crippen molar-refractivity contribution in [2.75, 3.05) is 26.2 Å². The van der Waals surface area contributed by atoms with E-state index in [1.165, 1.54) is 25.9 Å². The van der Waals surface area contributed by atoms with Crippen LogP contribution >= 0.6 is 0 Å². The Morgan fingerprint density at radius 3 is 2.53 bits per heavy atom. The van der Waals surface area contributed by atoms with E-state index in [0.717, 1.165) is 18.9 Å². The van der Waals surface area contributed by atoms with Crippen LogP contribution in [0.2, 0.25) is 0 Å². The van der Waals surface area contributed by atoms with Gasteiger partial charge in [0.15, 0.2) is 0 Å². The summed E-state index contributed by atoms with van der Waals surface area (Å²) < 4.78 is 5.68. The second-order valence-corrected chi connectivity index (χ2v) is 5.52. The quantitative estimate of drug-likeness (QED) is 0.797. The van der Waals surface area contributed by atoms with Crippen LogP contribution in [-0.4, -0.2) is 43.2 Å². The number of benzene rings is 1. The molecule has 0 radical (unpaired) electrons. The average molecular weight is 262 g/mol. The molecule has 1 aliphatic heterocycles. The average Bonchev–Trinajstić information content (AvgIpc) is 2.45. The lowest BCUT2D eigenvalue weighted by molar-refractivity contribution is 0.158. The van der Waals surface area contributed by atoms with E-state index in [9.17, 15) is 0 Å². The maximum absolute atomic E-state index is 5.68. The van der Waals surface area contributed by atoms with E-state index in [-0.39, 0.29) is 0 Å². The molecule has 0 spiro atoms. The summed E-state index contributed by atoms with van der Waals surface area (Å²) in [6, 6.07) is 11.4. The van der Waals surface area contributed by atoms with Gasteiger partial charge in [-0.1, -0.05) is 18.2 Å². The molecule has 0 atom stereocenters. The highest BCUT2D eigenvalue weighted by atomic mass is 16.5. The van der Waals surface area contributed by atoms with E-state index in [2.05, 4.69) is 24.1 Å². The predicted octanol–water partition coefficient (Wildman–Crippen LogP) is 2.53. The zero-order chi connectivity index (χ0) is 13.5. The molecule has 3 nitrogen and oxygen atoms in total. The number of piperidine rings is 1. The Bertz CT molecular complexity index is 345. The van der Waals surface area contributed by atoms with Gasteiger partial charge in [-0.05, 0) is 51.9 Å². The van der Waals surface area contributed by atoms with Crippen LogP contribution in [-0.2, 0) is 0 Å². The van der Waals surface area contributed by atoms with Crippen LogP contribution in [0.15, 0.2) is 30.3 Å². The molecule has 1 aromatic carbocycles. The molecule has 2 rings (SSSR count). The second-order valence-electron chi connectivity index (χ2n) is 5.52. The van der Waals surface area contributed by atoms with Crippen molar-refractivity contribution in [2.45, 2.75) is 38.8 Å². The minimum absolute atomic E-state index is 0.661. The Labute approximate surface area is 116 Å². The topological polar surface area (TPSA) is 24.5 Å². The standard InChI is InChI=1S/C16H26N2O/c1-14(2)18-11-8-15(9-12-18)17-10-13-19-16-6-4-3-5-7-16/h3-7,14-15,17H,8-13H2,1-2H3. The number of rotatable bonds is 6. The summed E-state index contributed by atoms with van der Waals surface area (Å²) in [5.41, 5.74) is 0. The molecule has 0 amide bonds. The molecule has 106 valence electrons. The number of para-hydroxylation sites is 1. The first-order valence-corrected chi connectivity index (χ1v) is 7.41. The van der Waals surface area contributed by atoms with Gasteiger partial charge in [0.1, 0.15) is 12.4 Å². The van der Waals surface area contributed by atoms with Gasteiger partial charge in [-0.15, -0.1) is 0 Å². The molecule has 1 heterocycles. The first-order valence-electron chi connectivity index (χ1n) is 7.41. The lowest BCUT2D eigenvalue weighted by Gasteiger charge is -2.35. The van der Waals surface area contributed by atoms with E-state index in [0.29, 0.717) is 12.1 Å². The molecule has 0 bridgehead atoms. The van der Waals surface area contributed by atoms with Gasteiger partial charge < -0.3 is 15.0 Å². The maximum atomic E-state index is 5.68. The van der Waals surface area contributed by atoms with Crippen LogP contribution < -0.4 is 10.1 Å². The third-order valence-corrected chi connectivity index (χ3v) is 3.81. The fraction of sp³-hybridized carbons (Fsp3) is 0.625. The van der Waals surface area contributed by atoms with Crippen LogP contribution in [0.3, 0.4) is 0 Å². The first-order chi connectivity index (χ1) is 9.25. The minimum atomic E-state index is 0.661. The maximum Gasteiger partial charge on any atom is 0.119 e. The van der Waals surface area contributed by atoms with Gasteiger partial charge in [0, 0.05) is 18.6 Å². The highest BCUT2D eigenvalue weighted by Crippen LogP contribution is 2.13. The third kappa shape index (κ3) is 4.84. The Kier molecular flexibility index (Phi) is 5.67. The number of likely N-dealkylation sites (tertiary alicyclic amines) is 1. The number of hydrogen-bond donors (Lipinski definition) is 1. The number of nitrogens with one attached hydrogen (secondary N) is 1. The van der Waals surface area contributed by atoms with Crippen LogP contribution in [0.5, 0.6) is 5.75 Å².